The van der Waals surface area contributed by atoms with E-state index in [0.717, 1.165) is 16.5 Å². The number of H-pyrrole nitrogens is 2. The molecule has 8 N–H and O–H groups in total. The van der Waals surface area contributed by atoms with Crippen LogP contribution in [0.4, 0.5) is 0 Å². The van der Waals surface area contributed by atoms with Gasteiger partial charge in [0.2, 0.25) is 17.7 Å². The van der Waals surface area contributed by atoms with Crippen LogP contribution in [0.15, 0.2) is 43.0 Å². The Labute approximate surface area is 212 Å². The van der Waals surface area contributed by atoms with Crippen molar-refractivity contribution in [1.29, 1.82) is 0 Å². The number of carboxylic acid groups (broad SMARTS) is 1. The highest BCUT2D eigenvalue weighted by atomic mass is 32.1. The predicted molar refractivity (Wildman–Crippen MR) is 135 cm³/mol. The molecule has 0 aliphatic carbocycles. The van der Waals surface area contributed by atoms with Gasteiger partial charge in [-0.15, -0.1) is 0 Å². The van der Waals surface area contributed by atoms with E-state index >= 15 is 0 Å². The average Bonchev–Trinajstić information content (AvgIpc) is 3.51. The van der Waals surface area contributed by atoms with Crippen LogP contribution >= 0.6 is 12.6 Å². The van der Waals surface area contributed by atoms with E-state index in [1.807, 2.05) is 24.3 Å². The standard InChI is InChI=1S/C23H29N7O5S/c1-12(23(34)35)28-21(32)18(7-14-9-25-11-27-14)29-22(33)19(10-36)30-20(31)16(24)6-13-8-26-17-5-3-2-4-15(13)17/h2-5,8-9,11-12,16,18-19,26,36H,6-7,10,24H2,1H3,(H,25,27)(H,28,32)(H,29,33)(H,30,31)(H,34,35). The smallest absolute Gasteiger partial charge is 0.325 e. The number of nitrogens with zero attached hydrogens (tertiary/aromatic N) is 1. The Bertz CT molecular complexity index is 1210. The molecule has 13 heteroatoms. The number of rotatable bonds is 12. The lowest BCUT2D eigenvalue weighted by Crippen LogP contribution is -2.58. The highest BCUT2D eigenvalue weighted by Gasteiger charge is 2.29. The van der Waals surface area contributed by atoms with Crippen molar-refractivity contribution in [2.24, 2.45) is 5.73 Å². The number of fused-ring (bicyclic) bond motifs is 1. The van der Waals surface area contributed by atoms with Gasteiger partial charge in [0.15, 0.2) is 0 Å². The van der Waals surface area contributed by atoms with Crippen LogP contribution in [0.3, 0.4) is 0 Å². The molecular formula is C23H29N7O5S. The van der Waals surface area contributed by atoms with Crippen molar-refractivity contribution in [3.8, 4) is 0 Å². The fourth-order valence-corrected chi connectivity index (χ4v) is 3.83. The van der Waals surface area contributed by atoms with Crippen LogP contribution in [-0.4, -0.2) is 73.7 Å². The molecular weight excluding hydrogens is 486 g/mol. The summed E-state index contributed by atoms with van der Waals surface area (Å²) in [5.41, 5.74) is 8.45. The number of aromatic nitrogens is 3. The number of nitrogens with two attached hydrogens (primary N) is 1. The third-order valence-electron chi connectivity index (χ3n) is 5.61. The minimum absolute atomic E-state index is 0.0250. The Morgan fingerprint density at radius 1 is 1.03 bits per heavy atom. The molecule has 2 aromatic heterocycles. The summed E-state index contributed by atoms with van der Waals surface area (Å²) >= 11 is 4.17. The molecule has 0 spiro atoms. The molecule has 3 aromatic rings. The Balaban J connectivity index is 1.64. The van der Waals surface area contributed by atoms with Crippen molar-refractivity contribution in [3.05, 3.63) is 54.2 Å². The molecule has 0 bridgehead atoms. The number of carbonyl (C=O) groups excluding carboxylic acids is 3. The van der Waals surface area contributed by atoms with Gasteiger partial charge in [-0.25, -0.2) is 4.98 Å². The van der Waals surface area contributed by atoms with E-state index < -0.39 is 47.9 Å². The van der Waals surface area contributed by atoms with E-state index in [1.54, 1.807) is 6.20 Å². The second-order valence-electron chi connectivity index (χ2n) is 8.32. The van der Waals surface area contributed by atoms with Gasteiger partial charge in [0, 0.05) is 41.2 Å². The van der Waals surface area contributed by atoms with Gasteiger partial charge in [-0.2, -0.15) is 12.6 Å². The Morgan fingerprint density at radius 2 is 1.72 bits per heavy atom. The van der Waals surface area contributed by atoms with Crippen LogP contribution in [-0.2, 0) is 32.0 Å². The van der Waals surface area contributed by atoms with Crippen LogP contribution in [0.1, 0.15) is 18.2 Å². The third-order valence-corrected chi connectivity index (χ3v) is 5.97. The van der Waals surface area contributed by atoms with Gasteiger partial charge in [-0.1, -0.05) is 18.2 Å². The zero-order chi connectivity index (χ0) is 26.2. The molecule has 1 aromatic carbocycles. The summed E-state index contributed by atoms with van der Waals surface area (Å²) in [4.78, 5) is 59.4. The van der Waals surface area contributed by atoms with E-state index in [-0.39, 0.29) is 18.6 Å². The number of aliphatic carboxylic acids is 1. The van der Waals surface area contributed by atoms with Gasteiger partial charge in [0.1, 0.15) is 18.1 Å². The monoisotopic (exact) mass is 515 g/mol. The summed E-state index contributed by atoms with van der Waals surface area (Å²) in [5.74, 6) is -3.20. The summed E-state index contributed by atoms with van der Waals surface area (Å²) in [6.07, 6.45) is 4.95. The lowest BCUT2D eigenvalue weighted by molar-refractivity contribution is -0.141. The summed E-state index contributed by atoms with van der Waals surface area (Å²) in [6.45, 7) is 1.31. The highest BCUT2D eigenvalue weighted by molar-refractivity contribution is 7.80. The molecule has 0 saturated carbocycles. The largest absolute Gasteiger partial charge is 0.480 e. The van der Waals surface area contributed by atoms with Crippen molar-refractivity contribution in [2.75, 3.05) is 5.75 Å². The molecule has 0 aliphatic rings. The number of nitrogens with one attached hydrogen (secondary N) is 5. The van der Waals surface area contributed by atoms with Crippen molar-refractivity contribution in [2.45, 2.75) is 43.9 Å². The molecule has 3 amide bonds. The van der Waals surface area contributed by atoms with E-state index in [2.05, 4.69) is 43.5 Å². The molecule has 0 fully saturated rings. The first-order valence-electron chi connectivity index (χ1n) is 11.2. The number of thiol groups is 1. The first-order chi connectivity index (χ1) is 17.2. The van der Waals surface area contributed by atoms with Gasteiger partial charge in [-0.05, 0) is 25.0 Å². The number of carboxylic acids is 1. The number of hydrogen-bond acceptors (Lipinski definition) is 7. The third kappa shape index (κ3) is 6.86. The zero-order valence-corrected chi connectivity index (χ0v) is 20.4. The van der Waals surface area contributed by atoms with Gasteiger partial charge in [0.05, 0.1) is 12.4 Å². The van der Waals surface area contributed by atoms with Gasteiger partial charge in [-0.3, -0.25) is 19.2 Å². The number of amides is 3. The second-order valence-corrected chi connectivity index (χ2v) is 8.69. The zero-order valence-electron chi connectivity index (χ0n) is 19.5. The fourth-order valence-electron chi connectivity index (χ4n) is 3.58. The van der Waals surface area contributed by atoms with Gasteiger partial charge in [0.25, 0.3) is 0 Å². The molecule has 2 heterocycles. The van der Waals surface area contributed by atoms with E-state index in [9.17, 15) is 19.2 Å². The minimum atomic E-state index is -1.22. The van der Waals surface area contributed by atoms with Crippen molar-refractivity contribution in [1.82, 2.24) is 30.9 Å². The maximum Gasteiger partial charge on any atom is 0.325 e. The maximum absolute atomic E-state index is 12.9. The lowest BCUT2D eigenvalue weighted by atomic mass is 10.0. The maximum atomic E-state index is 12.9. The average molecular weight is 516 g/mol. The number of aromatic amines is 2. The number of carbonyl (C=O) groups is 4. The van der Waals surface area contributed by atoms with Gasteiger partial charge < -0.3 is 36.8 Å². The predicted octanol–water partition coefficient (Wildman–Crippen LogP) is -0.508. The molecule has 0 radical (unpaired) electrons. The van der Waals surface area contributed by atoms with Crippen LogP contribution in [0.5, 0.6) is 0 Å². The molecule has 0 saturated heterocycles. The van der Waals surface area contributed by atoms with Crippen LogP contribution in [0.25, 0.3) is 10.9 Å². The minimum Gasteiger partial charge on any atom is -0.480 e. The van der Waals surface area contributed by atoms with Gasteiger partial charge >= 0.3 is 5.97 Å². The fraction of sp³-hybridized carbons (Fsp3) is 0.348. The highest BCUT2D eigenvalue weighted by Crippen LogP contribution is 2.18. The van der Waals surface area contributed by atoms with E-state index in [1.165, 1.54) is 19.4 Å². The van der Waals surface area contributed by atoms with E-state index in [0.29, 0.717) is 5.69 Å². The van der Waals surface area contributed by atoms with Crippen LogP contribution in [0, 0.1) is 0 Å². The van der Waals surface area contributed by atoms with Crippen molar-refractivity contribution < 1.29 is 24.3 Å². The first kappa shape index (κ1) is 26.8. The second kappa shape index (κ2) is 12.2. The lowest BCUT2D eigenvalue weighted by Gasteiger charge is -2.23. The number of hydrogen-bond donors (Lipinski definition) is 8. The Hall–Kier alpha value is -3.84. The number of benzene rings is 1. The molecule has 4 atom stereocenters. The van der Waals surface area contributed by atoms with Crippen LogP contribution in [0.2, 0.25) is 0 Å². The Morgan fingerprint density at radius 3 is 2.39 bits per heavy atom. The van der Waals surface area contributed by atoms with Crippen molar-refractivity contribution >= 4 is 47.2 Å². The molecule has 3 rings (SSSR count). The summed E-state index contributed by atoms with van der Waals surface area (Å²) in [6, 6.07) is 3.32. The quantitative estimate of drug-likeness (QED) is 0.149. The topological polar surface area (TPSA) is 195 Å². The van der Waals surface area contributed by atoms with Crippen LogP contribution < -0.4 is 21.7 Å². The summed E-state index contributed by atoms with van der Waals surface area (Å²) < 4.78 is 0. The summed E-state index contributed by atoms with van der Waals surface area (Å²) in [7, 11) is 0. The normalized spacial score (nSPS) is 14.4. The first-order valence-corrected chi connectivity index (χ1v) is 11.9. The Kier molecular flexibility index (Phi) is 9.08. The molecule has 0 aliphatic heterocycles. The summed E-state index contributed by atoms with van der Waals surface area (Å²) in [5, 5.41) is 17.5. The molecule has 192 valence electrons. The number of para-hydroxylation sites is 1. The molecule has 4 unspecified atom stereocenters. The molecule has 36 heavy (non-hydrogen) atoms. The van der Waals surface area contributed by atoms with E-state index in [4.69, 9.17) is 10.8 Å². The molecule has 12 nitrogen and oxygen atoms in total. The number of imidazole rings is 1. The van der Waals surface area contributed by atoms with Crippen molar-refractivity contribution in [3.63, 3.8) is 0 Å². The SMILES string of the molecule is CC(NC(=O)C(Cc1cnc[nH]1)NC(=O)C(CS)NC(=O)C(N)Cc1c[nH]c2ccccc12)C(=O)O.